The Hall–Kier alpha value is -0.640. The lowest BCUT2D eigenvalue weighted by molar-refractivity contribution is -0.139. The lowest BCUT2D eigenvalue weighted by atomic mass is 9.82. The van der Waals surface area contributed by atoms with Gasteiger partial charge in [-0.1, -0.05) is 38.9 Å². The van der Waals surface area contributed by atoms with E-state index in [2.05, 4.69) is 13.8 Å². The molecule has 0 spiro atoms. The lowest BCUT2D eigenvalue weighted by Gasteiger charge is -2.39. The summed E-state index contributed by atoms with van der Waals surface area (Å²) in [4.78, 5) is 15.2. The van der Waals surface area contributed by atoms with Crippen molar-refractivity contribution >= 4 is 23.1 Å². The second kappa shape index (κ2) is 5.78. The lowest BCUT2D eigenvalue weighted by Crippen LogP contribution is -2.51. The first-order chi connectivity index (χ1) is 8.97. The summed E-state index contributed by atoms with van der Waals surface area (Å²) in [7, 11) is 0. The summed E-state index contributed by atoms with van der Waals surface area (Å²) in [5.41, 5.74) is 5.39. The van der Waals surface area contributed by atoms with Gasteiger partial charge in [0.1, 0.15) is 0 Å². The molecule has 1 aliphatic carbocycles. The zero-order valence-corrected chi connectivity index (χ0v) is 13.0. The summed E-state index contributed by atoms with van der Waals surface area (Å²) in [5, 5.41) is 0. The van der Waals surface area contributed by atoms with E-state index in [1.54, 1.807) is 0 Å². The summed E-state index contributed by atoms with van der Waals surface area (Å²) in [5.74, 6) is 1.68. The minimum atomic E-state index is -0.514. The van der Waals surface area contributed by atoms with Crippen molar-refractivity contribution in [3.63, 3.8) is 0 Å². The monoisotopic (exact) mass is 282 g/mol. The number of hydrogen-bond acceptors (Lipinski definition) is 2. The highest BCUT2D eigenvalue weighted by atomic mass is 32.1. The van der Waals surface area contributed by atoms with Crippen LogP contribution in [-0.2, 0) is 4.79 Å². The molecule has 0 aromatic heterocycles. The molecule has 0 radical (unpaired) electrons. The summed E-state index contributed by atoms with van der Waals surface area (Å²) in [6.07, 6.45) is 6.10. The molecular formula is C15H26N2OS. The van der Waals surface area contributed by atoms with Crippen LogP contribution in [0, 0.1) is 17.3 Å². The van der Waals surface area contributed by atoms with Crippen molar-refractivity contribution in [2.24, 2.45) is 23.0 Å². The van der Waals surface area contributed by atoms with Crippen LogP contribution in [0.1, 0.15) is 52.4 Å². The quantitative estimate of drug-likeness (QED) is 0.810. The first-order valence-electron chi connectivity index (χ1n) is 7.56. The van der Waals surface area contributed by atoms with Crippen LogP contribution in [0.25, 0.3) is 0 Å². The Morgan fingerprint density at radius 3 is 2.21 bits per heavy atom. The van der Waals surface area contributed by atoms with E-state index >= 15 is 0 Å². The van der Waals surface area contributed by atoms with E-state index < -0.39 is 5.41 Å². The molecular weight excluding hydrogens is 256 g/mol. The number of hydrogen-bond donors (Lipinski definition) is 1. The van der Waals surface area contributed by atoms with Crippen molar-refractivity contribution in [2.45, 2.75) is 52.4 Å². The van der Waals surface area contributed by atoms with Crippen LogP contribution in [0.5, 0.6) is 0 Å². The standard InChI is InChI=1S/C15H26N2OS/c1-11(2)12-5-9-17(10-6-12)14(18)15(13(16)19)7-3-4-8-15/h11-12H,3-10H2,1-2H3,(H2,16,19). The molecule has 1 saturated heterocycles. The van der Waals surface area contributed by atoms with E-state index in [0.29, 0.717) is 10.9 Å². The number of nitrogens with two attached hydrogens (primary N) is 1. The molecule has 2 fully saturated rings. The predicted octanol–water partition coefficient (Wildman–Crippen LogP) is 2.73. The second-order valence-electron chi connectivity index (χ2n) is 6.53. The normalized spacial score (nSPS) is 23.8. The van der Waals surface area contributed by atoms with Crippen LogP contribution in [-0.4, -0.2) is 28.9 Å². The molecule has 1 aliphatic heterocycles. The Morgan fingerprint density at radius 2 is 1.79 bits per heavy atom. The maximum Gasteiger partial charge on any atom is 0.235 e. The van der Waals surface area contributed by atoms with Crippen molar-refractivity contribution in [2.75, 3.05) is 13.1 Å². The summed E-state index contributed by atoms with van der Waals surface area (Å²) in [6.45, 7) is 6.31. The van der Waals surface area contributed by atoms with Gasteiger partial charge in [0, 0.05) is 13.1 Å². The minimum Gasteiger partial charge on any atom is -0.392 e. The number of likely N-dealkylation sites (tertiary alicyclic amines) is 1. The van der Waals surface area contributed by atoms with Crippen molar-refractivity contribution in [3.8, 4) is 0 Å². The Balaban J connectivity index is 2.02. The molecule has 0 aromatic rings. The molecule has 0 bridgehead atoms. The summed E-state index contributed by atoms with van der Waals surface area (Å²) < 4.78 is 0. The van der Waals surface area contributed by atoms with Crippen LogP contribution in [0.15, 0.2) is 0 Å². The van der Waals surface area contributed by atoms with Gasteiger partial charge >= 0.3 is 0 Å². The van der Waals surface area contributed by atoms with Crippen LogP contribution < -0.4 is 5.73 Å². The van der Waals surface area contributed by atoms with E-state index in [1.165, 1.54) is 0 Å². The molecule has 1 saturated carbocycles. The predicted molar refractivity (Wildman–Crippen MR) is 81.8 cm³/mol. The molecule has 4 heteroatoms. The highest BCUT2D eigenvalue weighted by molar-refractivity contribution is 7.80. The Bertz CT molecular complexity index is 353. The van der Waals surface area contributed by atoms with Gasteiger partial charge in [-0.2, -0.15) is 0 Å². The average Bonchev–Trinajstić information content (AvgIpc) is 2.88. The number of amides is 1. The largest absolute Gasteiger partial charge is 0.392 e. The van der Waals surface area contributed by atoms with Gasteiger partial charge in [0.15, 0.2) is 0 Å². The van der Waals surface area contributed by atoms with Crippen molar-refractivity contribution in [1.82, 2.24) is 4.90 Å². The first kappa shape index (κ1) is 14.8. The van der Waals surface area contributed by atoms with E-state index in [0.717, 1.165) is 57.5 Å². The Kier molecular flexibility index (Phi) is 4.49. The van der Waals surface area contributed by atoms with Gasteiger partial charge in [0.25, 0.3) is 0 Å². The Morgan fingerprint density at radius 1 is 1.26 bits per heavy atom. The highest BCUT2D eigenvalue weighted by Crippen LogP contribution is 2.41. The third-order valence-electron chi connectivity index (χ3n) is 5.11. The van der Waals surface area contributed by atoms with Gasteiger partial charge in [0.2, 0.25) is 5.91 Å². The number of rotatable bonds is 3. The first-order valence-corrected chi connectivity index (χ1v) is 7.97. The smallest absolute Gasteiger partial charge is 0.235 e. The van der Waals surface area contributed by atoms with E-state index in [1.807, 2.05) is 4.90 Å². The molecule has 2 N–H and O–H groups in total. The second-order valence-corrected chi connectivity index (χ2v) is 6.97. The number of carbonyl (C=O) groups excluding carboxylic acids is 1. The maximum absolute atomic E-state index is 12.8. The maximum atomic E-state index is 12.8. The van der Waals surface area contributed by atoms with Crippen LogP contribution in [0.4, 0.5) is 0 Å². The molecule has 0 unspecified atom stereocenters. The molecule has 2 aliphatic rings. The molecule has 108 valence electrons. The number of carbonyl (C=O) groups is 1. The SMILES string of the molecule is CC(C)C1CCN(C(=O)C2(C(N)=S)CCCC2)CC1. The van der Waals surface area contributed by atoms with Crippen molar-refractivity contribution < 1.29 is 4.79 Å². The van der Waals surface area contributed by atoms with Crippen molar-refractivity contribution in [1.29, 1.82) is 0 Å². The van der Waals surface area contributed by atoms with Gasteiger partial charge < -0.3 is 10.6 Å². The fraction of sp³-hybridized carbons (Fsp3) is 0.867. The van der Waals surface area contributed by atoms with Crippen LogP contribution in [0.3, 0.4) is 0 Å². The number of thiocarbonyl (C=S) groups is 1. The van der Waals surface area contributed by atoms with E-state index in [-0.39, 0.29) is 5.91 Å². The third kappa shape index (κ3) is 2.78. The van der Waals surface area contributed by atoms with Gasteiger partial charge in [0.05, 0.1) is 10.4 Å². The number of nitrogens with zero attached hydrogens (tertiary/aromatic N) is 1. The molecule has 1 heterocycles. The van der Waals surface area contributed by atoms with Gasteiger partial charge in [-0.05, 0) is 37.5 Å². The zero-order chi connectivity index (χ0) is 14.0. The Labute approximate surface area is 121 Å². The minimum absolute atomic E-state index is 0.208. The highest BCUT2D eigenvalue weighted by Gasteiger charge is 2.46. The molecule has 0 atom stereocenters. The van der Waals surface area contributed by atoms with E-state index in [9.17, 15) is 4.79 Å². The molecule has 2 rings (SSSR count). The summed E-state index contributed by atoms with van der Waals surface area (Å²) in [6, 6.07) is 0. The fourth-order valence-electron chi connectivity index (χ4n) is 3.62. The topological polar surface area (TPSA) is 46.3 Å². The van der Waals surface area contributed by atoms with Gasteiger partial charge in [-0.25, -0.2) is 0 Å². The molecule has 1 amide bonds. The van der Waals surface area contributed by atoms with Gasteiger partial charge in [-0.3, -0.25) is 4.79 Å². The molecule has 3 nitrogen and oxygen atoms in total. The molecule has 19 heavy (non-hydrogen) atoms. The van der Waals surface area contributed by atoms with Crippen molar-refractivity contribution in [3.05, 3.63) is 0 Å². The van der Waals surface area contributed by atoms with Crippen LogP contribution in [0.2, 0.25) is 0 Å². The average molecular weight is 282 g/mol. The third-order valence-corrected chi connectivity index (χ3v) is 5.50. The zero-order valence-electron chi connectivity index (χ0n) is 12.2. The fourth-order valence-corrected chi connectivity index (χ4v) is 3.91. The van der Waals surface area contributed by atoms with Crippen LogP contribution >= 0.6 is 12.2 Å². The van der Waals surface area contributed by atoms with Gasteiger partial charge in [-0.15, -0.1) is 0 Å². The number of piperidine rings is 1. The van der Waals surface area contributed by atoms with E-state index in [4.69, 9.17) is 18.0 Å². The summed E-state index contributed by atoms with van der Waals surface area (Å²) >= 11 is 5.21. The molecule has 0 aromatic carbocycles.